The van der Waals surface area contributed by atoms with E-state index in [9.17, 15) is 9.59 Å². The highest BCUT2D eigenvalue weighted by Crippen LogP contribution is 2.43. The summed E-state index contributed by atoms with van der Waals surface area (Å²) in [6.07, 6.45) is 4.18. The summed E-state index contributed by atoms with van der Waals surface area (Å²) in [5, 5.41) is 11.9. The van der Waals surface area contributed by atoms with Crippen LogP contribution in [0.4, 0.5) is 0 Å². The lowest BCUT2D eigenvalue weighted by atomic mass is 9.65. The fourth-order valence-corrected chi connectivity index (χ4v) is 3.00. The molecule has 0 aromatic rings. The van der Waals surface area contributed by atoms with E-state index in [1.807, 2.05) is 6.92 Å². The molecular weight excluding hydrogens is 242 g/mol. The van der Waals surface area contributed by atoms with E-state index in [-0.39, 0.29) is 12.2 Å². The van der Waals surface area contributed by atoms with Gasteiger partial charge in [-0.05, 0) is 37.1 Å². The van der Waals surface area contributed by atoms with Crippen molar-refractivity contribution in [1.29, 1.82) is 0 Å². The van der Waals surface area contributed by atoms with Crippen molar-refractivity contribution < 1.29 is 14.7 Å². The number of carboxylic acids is 1. The minimum absolute atomic E-state index is 0.0892. The lowest BCUT2D eigenvalue weighted by Crippen LogP contribution is -2.39. The molecule has 2 N–H and O–H groups in total. The molecule has 1 saturated carbocycles. The van der Waals surface area contributed by atoms with Crippen molar-refractivity contribution in [1.82, 2.24) is 5.32 Å². The van der Waals surface area contributed by atoms with Gasteiger partial charge in [-0.15, -0.1) is 0 Å². The van der Waals surface area contributed by atoms with Crippen molar-refractivity contribution in [2.75, 3.05) is 6.54 Å². The zero-order valence-electron chi connectivity index (χ0n) is 12.3. The van der Waals surface area contributed by atoms with Crippen molar-refractivity contribution in [3.8, 4) is 0 Å². The van der Waals surface area contributed by atoms with Crippen LogP contribution in [0.3, 0.4) is 0 Å². The molecule has 0 heterocycles. The van der Waals surface area contributed by atoms with Crippen molar-refractivity contribution in [3.63, 3.8) is 0 Å². The van der Waals surface area contributed by atoms with Crippen LogP contribution in [0.25, 0.3) is 0 Å². The Bertz CT molecular complexity index is 317. The van der Waals surface area contributed by atoms with Crippen LogP contribution in [0.15, 0.2) is 0 Å². The number of hydrogen-bond acceptors (Lipinski definition) is 3. The van der Waals surface area contributed by atoms with Gasteiger partial charge in [0.1, 0.15) is 11.8 Å². The predicted octanol–water partition coefficient (Wildman–Crippen LogP) is 2.47. The molecule has 1 aliphatic rings. The van der Waals surface area contributed by atoms with Crippen LogP contribution in [0.5, 0.6) is 0 Å². The first-order chi connectivity index (χ1) is 8.99. The molecule has 0 amide bonds. The lowest BCUT2D eigenvalue weighted by Gasteiger charge is -2.40. The van der Waals surface area contributed by atoms with Crippen molar-refractivity contribution >= 4 is 11.8 Å². The van der Waals surface area contributed by atoms with Crippen molar-refractivity contribution in [2.24, 2.45) is 17.8 Å². The fourth-order valence-electron chi connectivity index (χ4n) is 3.00. The number of carboxylic acid groups (broad SMARTS) is 1. The van der Waals surface area contributed by atoms with Gasteiger partial charge in [-0.25, -0.2) is 0 Å². The van der Waals surface area contributed by atoms with E-state index in [1.165, 1.54) is 6.42 Å². The number of aliphatic carboxylic acids is 1. The summed E-state index contributed by atoms with van der Waals surface area (Å²) in [6, 6.07) is -0.723. The molecule has 0 saturated heterocycles. The third kappa shape index (κ3) is 4.60. The summed E-state index contributed by atoms with van der Waals surface area (Å²) in [7, 11) is 0. The SMILES string of the molecule is CCNC(CC(=O)CC1CCC1C(C)CC)C(=O)O. The lowest BCUT2D eigenvalue weighted by molar-refractivity contribution is -0.141. The number of ketones is 1. The van der Waals surface area contributed by atoms with Crippen LogP contribution >= 0.6 is 0 Å². The molecular formula is C15H27NO3. The summed E-state index contributed by atoms with van der Waals surface area (Å²) in [4.78, 5) is 23.0. The minimum atomic E-state index is -0.928. The average Bonchev–Trinajstić information content (AvgIpc) is 2.33. The number of carbonyl (C=O) groups is 2. The van der Waals surface area contributed by atoms with Crippen LogP contribution in [0, 0.1) is 17.8 Å². The third-order valence-corrected chi connectivity index (χ3v) is 4.52. The number of likely N-dealkylation sites (N-methyl/N-ethyl adjacent to an activating group) is 1. The first-order valence-electron chi connectivity index (χ1n) is 7.47. The van der Waals surface area contributed by atoms with E-state index in [2.05, 4.69) is 19.2 Å². The number of hydrogen-bond donors (Lipinski definition) is 2. The van der Waals surface area contributed by atoms with Gasteiger partial charge in [0.2, 0.25) is 0 Å². The average molecular weight is 269 g/mol. The Morgan fingerprint density at radius 2 is 2.00 bits per heavy atom. The molecule has 4 unspecified atom stereocenters. The molecule has 4 heteroatoms. The second kappa shape index (κ2) is 7.63. The molecule has 4 atom stereocenters. The van der Waals surface area contributed by atoms with Gasteiger partial charge in [-0.3, -0.25) is 9.59 Å². The summed E-state index contributed by atoms with van der Waals surface area (Å²) >= 11 is 0. The minimum Gasteiger partial charge on any atom is -0.480 e. The topological polar surface area (TPSA) is 66.4 Å². The highest BCUT2D eigenvalue weighted by atomic mass is 16.4. The number of Topliss-reactive ketones (excluding diaryl/α,β-unsaturated/α-hetero) is 1. The highest BCUT2D eigenvalue weighted by Gasteiger charge is 2.35. The van der Waals surface area contributed by atoms with Gasteiger partial charge < -0.3 is 10.4 Å². The van der Waals surface area contributed by atoms with Gasteiger partial charge in [0, 0.05) is 12.8 Å². The Morgan fingerprint density at radius 1 is 1.32 bits per heavy atom. The molecule has 0 aliphatic heterocycles. The monoisotopic (exact) mass is 269 g/mol. The van der Waals surface area contributed by atoms with E-state index in [0.29, 0.717) is 30.7 Å². The van der Waals surface area contributed by atoms with E-state index in [1.54, 1.807) is 0 Å². The first kappa shape index (κ1) is 16.2. The largest absolute Gasteiger partial charge is 0.480 e. The van der Waals surface area contributed by atoms with Gasteiger partial charge in [-0.1, -0.05) is 27.2 Å². The highest BCUT2D eigenvalue weighted by molar-refractivity contribution is 5.85. The smallest absolute Gasteiger partial charge is 0.321 e. The van der Waals surface area contributed by atoms with Crippen LogP contribution in [-0.4, -0.2) is 29.4 Å². The number of rotatable bonds is 9. The Labute approximate surface area is 116 Å². The van der Waals surface area contributed by atoms with Crippen LogP contribution in [0.2, 0.25) is 0 Å². The van der Waals surface area contributed by atoms with E-state index in [0.717, 1.165) is 12.8 Å². The molecule has 19 heavy (non-hydrogen) atoms. The molecule has 1 aliphatic carbocycles. The van der Waals surface area contributed by atoms with Crippen molar-refractivity contribution in [2.45, 2.75) is 58.9 Å². The molecule has 0 radical (unpaired) electrons. The molecule has 1 rings (SSSR count). The van der Waals surface area contributed by atoms with Gasteiger partial charge in [0.15, 0.2) is 0 Å². The second-order valence-corrected chi connectivity index (χ2v) is 5.78. The van der Waals surface area contributed by atoms with Gasteiger partial charge in [0.05, 0.1) is 0 Å². The number of nitrogens with one attached hydrogen (secondary N) is 1. The van der Waals surface area contributed by atoms with Gasteiger partial charge in [0.25, 0.3) is 0 Å². The van der Waals surface area contributed by atoms with E-state index < -0.39 is 12.0 Å². The summed E-state index contributed by atoms with van der Waals surface area (Å²) in [5.41, 5.74) is 0. The Kier molecular flexibility index (Phi) is 6.49. The summed E-state index contributed by atoms with van der Waals surface area (Å²) in [6.45, 7) is 6.86. The van der Waals surface area contributed by atoms with Crippen molar-refractivity contribution in [3.05, 3.63) is 0 Å². The zero-order chi connectivity index (χ0) is 14.4. The maximum absolute atomic E-state index is 12.0. The fraction of sp³-hybridized carbons (Fsp3) is 0.867. The molecule has 0 aromatic carbocycles. The predicted molar refractivity (Wildman–Crippen MR) is 75.0 cm³/mol. The standard InChI is InChI=1S/C15H27NO3/c1-4-10(3)13-7-6-11(13)8-12(17)9-14(15(18)19)16-5-2/h10-11,13-14,16H,4-9H2,1-3H3,(H,18,19). The third-order valence-electron chi connectivity index (χ3n) is 4.52. The quantitative estimate of drug-likeness (QED) is 0.675. The second-order valence-electron chi connectivity index (χ2n) is 5.78. The van der Waals surface area contributed by atoms with E-state index >= 15 is 0 Å². The normalized spacial score (nSPS) is 25.4. The Morgan fingerprint density at radius 3 is 2.42 bits per heavy atom. The molecule has 4 nitrogen and oxygen atoms in total. The number of carbonyl (C=O) groups excluding carboxylic acids is 1. The summed E-state index contributed by atoms with van der Waals surface area (Å²) < 4.78 is 0. The van der Waals surface area contributed by atoms with Gasteiger partial charge >= 0.3 is 5.97 Å². The molecule has 0 aromatic heterocycles. The summed E-state index contributed by atoms with van der Waals surface area (Å²) in [5.74, 6) is 0.985. The molecule has 0 bridgehead atoms. The van der Waals surface area contributed by atoms with Crippen LogP contribution < -0.4 is 5.32 Å². The Hall–Kier alpha value is -0.900. The maximum Gasteiger partial charge on any atom is 0.321 e. The van der Waals surface area contributed by atoms with Crippen LogP contribution in [0.1, 0.15) is 52.9 Å². The Balaban J connectivity index is 2.40. The van der Waals surface area contributed by atoms with E-state index in [4.69, 9.17) is 5.11 Å². The van der Waals surface area contributed by atoms with Gasteiger partial charge in [-0.2, -0.15) is 0 Å². The van der Waals surface area contributed by atoms with Crippen LogP contribution in [-0.2, 0) is 9.59 Å². The first-order valence-corrected chi connectivity index (χ1v) is 7.47. The molecule has 110 valence electrons. The molecule has 0 spiro atoms. The molecule has 1 fully saturated rings. The maximum atomic E-state index is 12.0. The zero-order valence-corrected chi connectivity index (χ0v) is 12.3.